The standard InChI is InChI=1S/C24H21N5O/c25-15-19-7-4-8-20(12-19)17-30-22-9-5-6-18(14-22)13-21(16-26)24-28-27-23-10-2-1-3-11-29(23)24/h4-9,12-14H,1-3,10-11,17H2/b21-13+. The molecule has 4 rings (SSSR count). The zero-order valence-electron chi connectivity index (χ0n) is 16.6. The molecule has 0 spiro atoms. The van der Waals surface area contributed by atoms with Crippen LogP contribution in [-0.4, -0.2) is 14.8 Å². The number of hydrogen-bond acceptors (Lipinski definition) is 5. The predicted molar refractivity (Wildman–Crippen MR) is 113 cm³/mol. The van der Waals surface area contributed by atoms with Crippen LogP contribution in [0.1, 0.15) is 47.6 Å². The van der Waals surface area contributed by atoms with Crippen LogP contribution in [0.4, 0.5) is 0 Å². The van der Waals surface area contributed by atoms with Crippen LogP contribution in [0.25, 0.3) is 11.6 Å². The predicted octanol–water partition coefficient (Wildman–Crippen LogP) is 4.52. The molecule has 6 nitrogen and oxygen atoms in total. The van der Waals surface area contributed by atoms with Gasteiger partial charge in [0.2, 0.25) is 0 Å². The van der Waals surface area contributed by atoms with Crippen LogP contribution in [-0.2, 0) is 19.6 Å². The number of aryl methyl sites for hydroxylation is 1. The number of ether oxygens (including phenoxy) is 1. The lowest BCUT2D eigenvalue weighted by atomic mass is 10.1. The van der Waals surface area contributed by atoms with Crippen molar-refractivity contribution in [2.45, 2.75) is 38.8 Å². The first-order valence-electron chi connectivity index (χ1n) is 10.0. The molecule has 0 amide bonds. The molecule has 1 aliphatic rings. The minimum Gasteiger partial charge on any atom is -0.489 e. The van der Waals surface area contributed by atoms with Crippen molar-refractivity contribution in [1.82, 2.24) is 14.8 Å². The van der Waals surface area contributed by atoms with Gasteiger partial charge < -0.3 is 9.30 Å². The normalized spacial score (nSPS) is 13.6. The second kappa shape index (κ2) is 9.07. The van der Waals surface area contributed by atoms with Crippen LogP contribution in [0.2, 0.25) is 0 Å². The van der Waals surface area contributed by atoms with Crippen molar-refractivity contribution >= 4 is 11.6 Å². The summed E-state index contributed by atoms with van der Waals surface area (Å²) in [5.41, 5.74) is 2.90. The van der Waals surface area contributed by atoms with Crippen molar-refractivity contribution in [3.63, 3.8) is 0 Å². The number of aromatic nitrogens is 3. The van der Waals surface area contributed by atoms with E-state index >= 15 is 0 Å². The molecule has 2 heterocycles. The van der Waals surface area contributed by atoms with E-state index in [1.54, 1.807) is 6.07 Å². The van der Waals surface area contributed by atoms with Gasteiger partial charge in [-0.3, -0.25) is 0 Å². The summed E-state index contributed by atoms with van der Waals surface area (Å²) in [7, 11) is 0. The van der Waals surface area contributed by atoms with Gasteiger partial charge in [0.1, 0.15) is 24.3 Å². The molecule has 0 bridgehead atoms. The molecule has 30 heavy (non-hydrogen) atoms. The Bertz CT molecular complexity index is 1160. The molecule has 1 aliphatic heterocycles. The van der Waals surface area contributed by atoms with Crippen molar-refractivity contribution in [2.24, 2.45) is 0 Å². The van der Waals surface area contributed by atoms with Crippen molar-refractivity contribution < 1.29 is 4.74 Å². The Morgan fingerprint density at radius 3 is 2.83 bits per heavy atom. The van der Waals surface area contributed by atoms with Gasteiger partial charge in [0, 0.05) is 13.0 Å². The Hall–Kier alpha value is -3.90. The van der Waals surface area contributed by atoms with Crippen molar-refractivity contribution in [3.8, 4) is 17.9 Å². The maximum absolute atomic E-state index is 9.74. The first-order valence-corrected chi connectivity index (χ1v) is 10.0. The summed E-state index contributed by atoms with van der Waals surface area (Å²) in [6.07, 6.45) is 6.09. The number of nitrogens with zero attached hydrogens (tertiary/aromatic N) is 5. The van der Waals surface area contributed by atoms with E-state index in [0.29, 0.717) is 29.3 Å². The maximum Gasteiger partial charge on any atom is 0.174 e. The molecule has 148 valence electrons. The molecule has 0 unspecified atom stereocenters. The van der Waals surface area contributed by atoms with Gasteiger partial charge in [0.15, 0.2) is 5.82 Å². The Morgan fingerprint density at radius 1 is 1.07 bits per heavy atom. The summed E-state index contributed by atoms with van der Waals surface area (Å²) in [6, 6.07) is 19.4. The highest BCUT2D eigenvalue weighted by molar-refractivity contribution is 5.87. The highest BCUT2D eigenvalue weighted by atomic mass is 16.5. The van der Waals surface area contributed by atoms with Crippen LogP contribution in [0.3, 0.4) is 0 Å². The average molecular weight is 395 g/mol. The number of hydrogen-bond donors (Lipinski definition) is 0. The highest BCUT2D eigenvalue weighted by Crippen LogP contribution is 2.23. The van der Waals surface area contributed by atoms with E-state index in [0.717, 1.165) is 42.8 Å². The molecule has 6 heteroatoms. The molecule has 3 aromatic rings. The molecule has 0 N–H and O–H groups in total. The molecule has 1 aromatic heterocycles. The lowest BCUT2D eigenvalue weighted by Gasteiger charge is -2.08. The second-order valence-corrected chi connectivity index (χ2v) is 7.25. The number of fused-ring (bicyclic) bond motifs is 1. The van der Waals surface area contributed by atoms with E-state index in [4.69, 9.17) is 10.00 Å². The fraction of sp³-hybridized carbons (Fsp3) is 0.250. The molecule has 0 atom stereocenters. The third-order valence-corrected chi connectivity index (χ3v) is 5.10. The Kier molecular flexibility index (Phi) is 5.87. The fourth-order valence-electron chi connectivity index (χ4n) is 3.59. The summed E-state index contributed by atoms with van der Waals surface area (Å²) < 4.78 is 7.96. The molecule has 0 fully saturated rings. The van der Waals surface area contributed by atoms with Crippen molar-refractivity contribution in [3.05, 3.63) is 76.9 Å². The third-order valence-electron chi connectivity index (χ3n) is 5.10. The van der Waals surface area contributed by atoms with Gasteiger partial charge in [-0.05, 0) is 54.3 Å². The molecule has 2 aromatic carbocycles. The zero-order chi connectivity index (χ0) is 20.8. The van der Waals surface area contributed by atoms with Gasteiger partial charge in [-0.1, -0.05) is 30.7 Å². The Balaban J connectivity index is 1.54. The number of allylic oxidation sites excluding steroid dienone is 1. The van der Waals surface area contributed by atoms with Crippen molar-refractivity contribution in [1.29, 1.82) is 10.5 Å². The molecular weight excluding hydrogens is 374 g/mol. The van der Waals surface area contributed by atoms with Crippen LogP contribution in [0, 0.1) is 22.7 Å². The average Bonchev–Trinajstić information content (AvgIpc) is 3.04. The van der Waals surface area contributed by atoms with Gasteiger partial charge in [-0.15, -0.1) is 10.2 Å². The second-order valence-electron chi connectivity index (χ2n) is 7.25. The van der Waals surface area contributed by atoms with Crippen LogP contribution >= 0.6 is 0 Å². The summed E-state index contributed by atoms with van der Waals surface area (Å²) >= 11 is 0. The van der Waals surface area contributed by atoms with Crippen LogP contribution < -0.4 is 4.74 Å². The van der Waals surface area contributed by atoms with Gasteiger partial charge in [0.05, 0.1) is 17.2 Å². The van der Waals surface area contributed by atoms with E-state index in [9.17, 15) is 5.26 Å². The summed E-state index contributed by atoms with van der Waals surface area (Å²) in [5.74, 6) is 2.29. The monoisotopic (exact) mass is 395 g/mol. The summed E-state index contributed by atoms with van der Waals surface area (Å²) in [6.45, 7) is 1.22. The first-order chi connectivity index (χ1) is 14.8. The molecule has 0 saturated heterocycles. The van der Waals surface area contributed by atoms with E-state index in [1.165, 1.54) is 6.42 Å². The number of rotatable bonds is 5. The summed E-state index contributed by atoms with van der Waals surface area (Å²) in [4.78, 5) is 0. The van der Waals surface area contributed by atoms with Gasteiger partial charge in [-0.25, -0.2) is 0 Å². The number of benzene rings is 2. The molecule has 0 aliphatic carbocycles. The van der Waals surface area contributed by atoms with Crippen LogP contribution in [0.5, 0.6) is 5.75 Å². The summed E-state index contributed by atoms with van der Waals surface area (Å²) in [5, 5.41) is 27.4. The fourth-order valence-corrected chi connectivity index (χ4v) is 3.59. The number of nitriles is 2. The Labute approximate surface area is 175 Å². The zero-order valence-corrected chi connectivity index (χ0v) is 16.6. The van der Waals surface area contributed by atoms with E-state index in [1.807, 2.05) is 48.5 Å². The largest absolute Gasteiger partial charge is 0.489 e. The molecule has 0 saturated carbocycles. The van der Waals surface area contributed by atoms with E-state index in [2.05, 4.69) is 26.9 Å². The molecule has 0 radical (unpaired) electrons. The van der Waals surface area contributed by atoms with Gasteiger partial charge in [0.25, 0.3) is 0 Å². The van der Waals surface area contributed by atoms with Gasteiger partial charge >= 0.3 is 0 Å². The van der Waals surface area contributed by atoms with E-state index < -0.39 is 0 Å². The maximum atomic E-state index is 9.74. The van der Waals surface area contributed by atoms with Crippen molar-refractivity contribution in [2.75, 3.05) is 0 Å². The first kappa shape index (κ1) is 19.4. The highest BCUT2D eigenvalue weighted by Gasteiger charge is 2.17. The quantitative estimate of drug-likeness (QED) is 0.593. The minimum absolute atomic E-state index is 0.367. The Morgan fingerprint density at radius 2 is 1.97 bits per heavy atom. The third kappa shape index (κ3) is 4.39. The lowest BCUT2D eigenvalue weighted by Crippen LogP contribution is -2.05. The molecular formula is C24H21N5O. The smallest absolute Gasteiger partial charge is 0.174 e. The van der Waals surface area contributed by atoms with Gasteiger partial charge in [-0.2, -0.15) is 10.5 Å². The van der Waals surface area contributed by atoms with Crippen LogP contribution in [0.15, 0.2) is 48.5 Å². The topological polar surface area (TPSA) is 87.5 Å². The SMILES string of the molecule is N#C/C(=C\c1cccc(OCc2cccc(C#N)c2)c1)c1nnc2n1CCCCC2. The van der Waals surface area contributed by atoms with E-state index in [-0.39, 0.29) is 0 Å². The lowest BCUT2D eigenvalue weighted by molar-refractivity contribution is 0.306. The minimum atomic E-state index is 0.367.